The first kappa shape index (κ1) is 35.5. The fourth-order valence-electron chi connectivity index (χ4n) is 6.38. The Morgan fingerprint density at radius 2 is 1.73 bits per heavy atom. The van der Waals surface area contributed by atoms with Crippen LogP contribution in [-0.4, -0.2) is 76.3 Å². The molecule has 0 unspecified atom stereocenters. The van der Waals surface area contributed by atoms with Gasteiger partial charge < -0.3 is 29.9 Å². The standard InChI is InChI=1S/C36H42F3N3O6/c1-22-30(20-41(3)23(2)31(44)25-9-5-4-6-10-25)47-34(48-32(22)26-16-14-24(21-43)15-17-26)27-11-7-12-28(19-27)40-33(45)29-13-8-18-42(29)35(46)36(37,38)39/h4-7,9-12,14-17,19,22-23,29-32,34,43-44H,8,13,18,20-21H2,1-3H3,(H,40,45)/t22-,23-,29+,30+,31-,32+,34+/m1/s1. The molecule has 258 valence electrons. The number of likely N-dealkylation sites (N-methyl/N-ethyl adjacent to an activating group) is 1. The molecule has 48 heavy (non-hydrogen) atoms. The fourth-order valence-corrected chi connectivity index (χ4v) is 6.38. The first-order valence-electron chi connectivity index (χ1n) is 16.1. The summed E-state index contributed by atoms with van der Waals surface area (Å²) in [6, 6.07) is 22.2. The molecule has 9 nitrogen and oxygen atoms in total. The third-order valence-electron chi connectivity index (χ3n) is 9.37. The molecule has 2 fully saturated rings. The monoisotopic (exact) mass is 669 g/mol. The van der Waals surface area contributed by atoms with E-state index in [1.807, 2.05) is 80.4 Å². The second-order valence-electron chi connectivity index (χ2n) is 12.6. The zero-order valence-electron chi connectivity index (χ0n) is 27.1. The van der Waals surface area contributed by atoms with E-state index in [2.05, 4.69) is 5.32 Å². The van der Waals surface area contributed by atoms with Crippen molar-refractivity contribution < 1.29 is 42.4 Å². The summed E-state index contributed by atoms with van der Waals surface area (Å²) in [5.74, 6) is -2.85. The average Bonchev–Trinajstić information content (AvgIpc) is 3.58. The van der Waals surface area contributed by atoms with Gasteiger partial charge in [-0.3, -0.25) is 14.5 Å². The molecule has 0 saturated carbocycles. The quantitative estimate of drug-likeness (QED) is 0.261. The third-order valence-corrected chi connectivity index (χ3v) is 9.37. The van der Waals surface area contributed by atoms with Crippen LogP contribution in [0.2, 0.25) is 0 Å². The molecule has 7 atom stereocenters. The van der Waals surface area contributed by atoms with Gasteiger partial charge in [-0.1, -0.05) is 73.7 Å². The smallest absolute Gasteiger partial charge is 0.392 e. The van der Waals surface area contributed by atoms with Crippen molar-refractivity contribution in [2.45, 2.75) is 76.2 Å². The Balaban J connectivity index is 1.36. The molecular weight excluding hydrogens is 627 g/mol. The van der Waals surface area contributed by atoms with E-state index in [9.17, 15) is 33.0 Å². The molecule has 3 N–H and O–H groups in total. The Kier molecular flexibility index (Phi) is 11.2. The average molecular weight is 670 g/mol. The van der Waals surface area contributed by atoms with Crippen LogP contribution in [0, 0.1) is 5.92 Å². The predicted molar refractivity (Wildman–Crippen MR) is 172 cm³/mol. The van der Waals surface area contributed by atoms with Crippen LogP contribution in [0.4, 0.5) is 18.9 Å². The number of rotatable bonds is 10. The van der Waals surface area contributed by atoms with Gasteiger partial charge in [0.15, 0.2) is 6.29 Å². The zero-order valence-corrected chi connectivity index (χ0v) is 27.1. The number of anilines is 1. The molecule has 2 amide bonds. The minimum absolute atomic E-state index is 0.0936. The van der Waals surface area contributed by atoms with Crippen LogP contribution in [0.3, 0.4) is 0 Å². The number of hydrogen-bond acceptors (Lipinski definition) is 7. The van der Waals surface area contributed by atoms with Crippen LogP contribution in [0.5, 0.6) is 0 Å². The van der Waals surface area contributed by atoms with Crippen molar-refractivity contribution in [3.05, 3.63) is 101 Å². The SMILES string of the molecule is C[C@@H]1[C@H](CN(C)[C@H](C)[C@@H](O)c2ccccc2)O[C@H](c2cccc(NC(=O)[C@@H]3CCCN3C(=O)C(F)(F)F)c2)O[C@@H]1c1ccc(CO)cc1. The summed E-state index contributed by atoms with van der Waals surface area (Å²) in [4.78, 5) is 27.6. The minimum atomic E-state index is -5.06. The molecule has 5 rings (SSSR count). The molecule has 2 aliphatic rings. The lowest BCUT2D eigenvalue weighted by atomic mass is 9.89. The number of carbonyl (C=O) groups is 2. The Morgan fingerprint density at radius 1 is 1.02 bits per heavy atom. The molecule has 0 spiro atoms. The molecular formula is C36H42F3N3O6. The maximum Gasteiger partial charge on any atom is 0.471 e. The second-order valence-corrected chi connectivity index (χ2v) is 12.6. The topological polar surface area (TPSA) is 112 Å². The van der Waals surface area contributed by atoms with Gasteiger partial charge in [0.25, 0.3) is 0 Å². The largest absolute Gasteiger partial charge is 0.471 e. The highest BCUT2D eigenvalue weighted by Crippen LogP contribution is 2.42. The van der Waals surface area contributed by atoms with E-state index in [1.165, 1.54) is 0 Å². The molecule has 3 aromatic rings. The van der Waals surface area contributed by atoms with Crippen LogP contribution in [-0.2, 0) is 25.7 Å². The second kappa shape index (κ2) is 15.2. The van der Waals surface area contributed by atoms with E-state index in [-0.39, 0.29) is 37.6 Å². The Morgan fingerprint density at radius 3 is 2.40 bits per heavy atom. The number of ether oxygens (including phenoxy) is 2. The summed E-state index contributed by atoms with van der Waals surface area (Å²) >= 11 is 0. The number of benzene rings is 3. The van der Waals surface area contributed by atoms with Gasteiger partial charge in [-0.2, -0.15) is 13.2 Å². The molecule has 12 heteroatoms. The van der Waals surface area contributed by atoms with Gasteiger partial charge in [-0.25, -0.2) is 0 Å². The normalized spacial score (nSPS) is 24.4. The predicted octanol–water partition coefficient (Wildman–Crippen LogP) is 5.52. The van der Waals surface area contributed by atoms with Gasteiger partial charge in [-0.15, -0.1) is 0 Å². The van der Waals surface area contributed by atoms with Gasteiger partial charge in [0.1, 0.15) is 6.04 Å². The Labute approximate surface area is 278 Å². The molecule has 0 aromatic heterocycles. The third kappa shape index (κ3) is 8.07. The molecule has 2 aliphatic heterocycles. The Hall–Kier alpha value is -3.81. The van der Waals surface area contributed by atoms with Crippen molar-refractivity contribution in [2.24, 2.45) is 5.92 Å². The highest BCUT2D eigenvalue weighted by molar-refractivity contribution is 5.98. The number of likely N-dealkylation sites (tertiary alicyclic amines) is 1. The maximum atomic E-state index is 13.1. The van der Waals surface area contributed by atoms with Crippen molar-refractivity contribution in [3.63, 3.8) is 0 Å². The first-order chi connectivity index (χ1) is 22.9. The van der Waals surface area contributed by atoms with E-state index < -0.39 is 42.5 Å². The lowest BCUT2D eigenvalue weighted by Crippen LogP contribution is -2.48. The number of alkyl halides is 3. The fraction of sp³-hybridized carbons (Fsp3) is 0.444. The van der Waals surface area contributed by atoms with Crippen molar-refractivity contribution in [1.82, 2.24) is 9.80 Å². The van der Waals surface area contributed by atoms with Crippen LogP contribution in [0.15, 0.2) is 78.9 Å². The van der Waals surface area contributed by atoms with Crippen LogP contribution in [0.25, 0.3) is 0 Å². The molecule has 2 saturated heterocycles. The number of amides is 2. The molecule has 3 aromatic carbocycles. The van der Waals surface area contributed by atoms with Crippen molar-refractivity contribution >= 4 is 17.5 Å². The summed E-state index contributed by atoms with van der Waals surface area (Å²) < 4.78 is 52.5. The van der Waals surface area contributed by atoms with E-state index in [0.717, 1.165) is 16.7 Å². The van der Waals surface area contributed by atoms with Gasteiger partial charge in [0, 0.05) is 36.3 Å². The first-order valence-corrected chi connectivity index (χ1v) is 16.1. The van der Waals surface area contributed by atoms with E-state index in [4.69, 9.17) is 9.47 Å². The molecule has 0 bridgehead atoms. The van der Waals surface area contributed by atoms with Gasteiger partial charge >= 0.3 is 12.1 Å². The van der Waals surface area contributed by atoms with E-state index >= 15 is 0 Å². The van der Waals surface area contributed by atoms with Crippen LogP contribution < -0.4 is 5.32 Å². The number of hydrogen-bond donors (Lipinski definition) is 3. The van der Waals surface area contributed by atoms with E-state index in [1.54, 1.807) is 24.3 Å². The Bertz CT molecular complexity index is 1540. The number of halogens is 3. The number of aliphatic hydroxyl groups excluding tert-OH is 2. The number of nitrogens with one attached hydrogen (secondary N) is 1. The van der Waals surface area contributed by atoms with Gasteiger partial charge in [0.05, 0.1) is 24.9 Å². The minimum Gasteiger partial charge on any atom is -0.392 e. The highest BCUT2D eigenvalue weighted by atomic mass is 19.4. The maximum absolute atomic E-state index is 13.1. The van der Waals surface area contributed by atoms with Gasteiger partial charge in [0.2, 0.25) is 5.91 Å². The lowest BCUT2D eigenvalue weighted by Gasteiger charge is -2.43. The number of carbonyl (C=O) groups excluding carboxylic acids is 2. The molecule has 0 aliphatic carbocycles. The highest BCUT2D eigenvalue weighted by Gasteiger charge is 2.48. The molecule has 0 radical (unpaired) electrons. The van der Waals surface area contributed by atoms with Crippen LogP contribution in [0.1, 0.15) is 67.4 Å². The summed E-state index contributed by atoms with van der Waals surface area (Å²) in [7, 11) is 1.93. The van der Waals surface area contributed by atoms with Gasteiger partial charge in [-0.05, 0) is 55.6 Å². The summed E-state index contributed by atoms with van der Waals surface area (Å²) in [6.45, 7) is 4.20. The lowest BCUT2D eigenvalue weighted by molar-refractivity contribution is -0.276. The molecule has 2 heterocycles. The number of nitrogens with zero attached hydrogens (tertiary/aromatic N) is 2. The van der Waals surface area contributed by atoms with E-state index in [0.29, 0.717) is 29.1 Å². The van der Waals surface area contributed by atoms with Crippen molar-refractivity contribution in [2.75, 3.05) is 25.5 Å². The van der Waals surface area contributed by atoms with Crippen molar-refractivity contribution in [1.29, 1.82) is 0 Å². The number of aliphatic hydroxyl groups is 2. The van der Waals surface area contributed by atoms with Crippen molar-refractivity contribution in [3.8, 4) is 0 Å². The summed E-state index contributed by atoms with van der Waals surface area (Å²) in [5.41, 5.74) is 3.36. The zero-order chi connectivity index (χ0) is 34.6. The van der Waals surface area contributed by atoms with Crippen LogP contribution >= 0.6 is 0 Å². The summed E-state index contributed by atoms with van der Waals surface area (Å²) in [5, 5.41) is 23.3. The summed E-state index contributed by atoms with van der Waals surface area (Å²) in [6.07, 6.45) is -7.02.